The van der Waals surface area contributed by atoms with Gasteiger partial charge in [-0.05, 0) is 43.4 Å². The summed E-state index contributed by atoms with van der Waals surface area (Å²) < 4.78 is 0. The zero-order valence-corrected chi connectivity index (χ0v) is 11.3. The molecule has 1 aliphatic rings. The van der Waals surface area contributed by atoms with Crippen molar-refractivity contribution in [2.45, 2.75) is 45.6 Å². The van der Waals surface area contributed by atoms with Crippen molar-refractivity contribution in [3.63, 3.8) is 0 Å². The Hall–Kier alpha value is -1.18. The van der Waals surface area contributed by atoms with Gasteiger partial charge in [0.2, 0.25) is 0 Å². The van der Waals surface area contributed by atoms with E-state index >= 15 is 0 Å². The molecule has 2 heteroatoms. The molecule has 0 amide bonds. The van der Waals surface area contributed by atoms with Crippen molar-refractivity contribution in [3.05, 3.63) is 23.8 Å². The molecule has 2 rings (SSSR count). The lowest BCUT2D eigenvalue weighted by molar-refractivity contribution is 0.591. The van der Waals surface area contributed by atoms with Gasteiger partial charge in [0.05, 0.1) is 0 Å². The molecular weight excluding hydrogens is 208 g/mol. The van der Waals surface area contributed by atoms with Gasteiger partial charge in [0.15, 0.2) is 0 Å². The average Bonchev–Trinajstić information content (AvgIpc) is 2.39. The van der Waals surface area contributed by atoms with Gasteiger partial charge in [-0.15, -0.1) is 0 Å². The van der Waals surface area contributed by atoms with Crippen LogP contribution in [-0.4, -0.2) is 19.6 Å². The summed E-state index contributed by atoms with van der Waals surface area (Å²) in [5.41, 5.74) is 4.15. The average molecular weight is 232 g/mol. The fourth-order valence-corrected chi connectivity index (χ4v) is 2.72. The van der Waals surface area contributed by atoms with Gasteiger partial charge in [-0.3, -0.25) is 0 Å². The molecule has 94 valence electrons. The number of nitrogens with one attached hydrogen (secondary N) is 1. The molecule has 0 saturated heterocycles. The number of rotatable bonds is 4. The molecule has 1 aliphatic heterocycles. The molecule has 1 N–H and O–H groups in total. The first kappa shape index (κ1) is 12.3. The molecule has 0 atom stereocenters. The molecule has 0 bridgehead atoms. The van der Waals surface area contributed by atoms with E-state index in [9.17, 15) is 0 Å². The predicted octanol–water partition coefficient (Wildman–Crippen LogP) is 3.67. The van der Waals surface area contributed by atoms with E-state index in [0.29, 0.717) is 6.04 Å². The minimum atomic E-state index is 0.650. The van der Waals surface area contributed by atoms with Crippen LogP contribution in [0.2, 0.25) is 0 Å². The number of anilines is 2. The largest absolute Gasteiger partial charge is 0.385 e. The van der Waals surface area contributed by atoms with E-state index in [-0.39, 0.29) is 0 Å². The van der Waals surface area contributed by atoms with E-state index in [1.54, 1.807) is 0 Å². The third-order valence-corrected chi connectivity index (χ3v) is 3.93. The van der Waals surface area contributed by atoms with Crippen molar-refractivity contribution in [2.24, 2.45) is 0 Å². The molecule has 0 aromatic heterocycles. The van der Waals surface area contributed by atoms with Gasteiger partial charge in [-0.2, -0.15) is 0 Å². The molecule has 0 aliphatic carbocycles. The zero-order valence-electron chi connectivity index (χ0n) is 11.3. The highest BCUT2D eigenvalue weighted by Crippen LogP contribution is 2.28. The van der Waals surface area contributed by atoms with Crippen LogP contribution in [0.25, 0.3) is 0 Å². The second-order valence-electron chi connectivity index (χ2n) is 4.95. The number of hydrogen-bond donors (Lipinski definition) is 1. The molecule has 0 unspecified atom stereocenters. The standard InChI is InChI=1S/C15H24N2/c1-4-13(5-2)17(3)14-9-8-12-7-6-10-16-15(12)11-14/h8-9,11,13,16H,4-7,10H2,1-3H3. The smallest absolute Gasteiger partial charge is 0.0393 e. The number of nitrogens with zero attached hydrogens (tertiary/aromatic N) is 1. The maximum Gasteiger partial charge on any atom is 0.0393 e. The first-order valence-electron chi connectivity index (χ1n) is 6.85. The van der Waals surface area contributed by atoms with E-state index in [0.717, 1.165) is 6.54 Å². The van der Waals surface area contributed by atoms with E-state index in [1.165, 1.54) is 42.6 Å². The van der Waals surface area contributed by atoms with Crippen LogP contribution in [-0.2, 0) is 6.42 Å². The van der Waals surface area contributed by atoms with Crippen molar-refractivity contribution in [1.29, 1.82) is 0 Å². The summed E-state index contributed by atoms with van der Waals surface area (Å²) >= 11 is 0. The maximum absolute atomic E-state index is 3.51. The van der Waals surface area contributed by atoms with Gasteiger partial charge >= 0.3 is 0 Å². The van der Waals surface area contributed by atoms with E-state index in [4.69, 9.17) is 0 Å². The Morgan fingerprint density at radius 3 is 2.76 bits per heavy atom. The predicted molar refractivity (Wildman–Crippen MR) is 76.0 cm³/mol. The van der Waals surface area contributed by atoms with Crippen LogP contribution in [0.3, 0.4) is 0 Å². The topological polar surface area (TPSA) is 15.3 Å². The van der Waals surface area contributed by atoms with Crippen molar-refractivity contribution in [3.8, 4) is 0 Å². The Morgan fingerprint density at radius 1 is 1.29 bits per heavy atom. The summed E-state index contributed by atoms with van der Waals surface area (Å²) in [7, 11) is 2.21. The summed E-state index contributed by atoms with van der Waals surface area (Å²) in [5, 5.41) is 3.51. The monoisotopic (exact) mass is 232 g/mol. The molecule has 2 nitrogen and oxygen atoms in total. The highest BCUT2D eigenvalue weighted by atomic mass is 15.1. The lowest BCUT2D eigenvalue weighted by Gasteiger charge is -2.30. The van der Waals surface area contributed by atoms with Crippen LogP contribution in [0.4, 0.5) is 11.4 Å². The van der Waals surface area contributed by atoms with Crippen LogP contribution in [0.1, 0.15) is 38.7 Å². The molecular formula is C15H24N2. The van der Waals surface area contributed by atoms with Gasteiger partial charge in [0, 0.05) is 31.0 Å². The minimum Gasteiger partial charge on any atom is -0.385 e. The van der Waals surface area contributed by atoms with Crippen LogP contribution < -0.4 is 10.2 Å². The SMILES string of the molecule is CCC(CC)N(C)c1ccc2c(c1)NCCC2. The molecule has 1 aromatic rings. The van der Waals surface area contributed by atoms with Gasteiger partial charge in [-0.1, -0.05) is 19.9 Å². The van der Waals surface area contributed by atoms with E-state index < -0.39 is 0 Å². The lowest BCUT2D eigenvalue weighted by atomic mass is 10.0. The van der Waals surface area contributed by atoms with Crippen LogP contribution in [0, 0.1) is 0 Å². The Kier molecular flexibility index (Phi) is 3.93. The summed E-state index contributed by atoms with van der Waals surface area (Å²) in [4.78, 5) is 2.41. The van der Waals surface area contributed by atoms with Crippen molar-refractivity contribution < 1.29 is 0 Å². The Labute approximate surface area is 105 Å². The van der Waals surface area contributed by atoms with Crippen LogP contribution in [0.15, 0.2) is 18.2 Å². The molecule has 1 aromatic carbocycles. The van der Waals surface area contributed by atoms with Crippen LogP contribution >= 0.6 is 0 Å². The third-order valence-electron chi connectivity index (χ3n) is 3.93. The molecule has 0 radical (unpaired) electrons. The van der Waals surface area contributed by atoms with Crippen molar-refractivity contribution in [2.75, 3.05) is 23.8 Å². The fraction of sp³-hybridized carbons (Fsp3) is 0.600. The number of aryl methyl sites for hydroxylation is 1. The van der Waals surface area contributed by atoms with Crippen molar-refractivity contribution >= 4 is 11.4 Å². The maximum atomic E-state index is 3.51. The van der Waals surface area contributed by atoms with Crippen LogP contribution in [0.5, 0.6) is 0 Å². The Bertz CT molecular complexity index is 369. The summed E-state index contributed by atoms with van der Waals surface area (Å²) in [6, 6.07) is 7.52. The van der Waals surface area contributed by atoms with Gasteiger partial charge < -0.3 is 10.2 Å². The lowest BCUT2D eigenvalue weighted by Crippen LogP contribution is -2.30. The zero-order chi connectivity index (χ0) is 12.3. The Morgan fingerprint density at radius 2 is 2.06 bits per heavy atom. The van der Waals surface area contributed by atoms with Gasteiger partial charge in [0.25, 0.3) is 0 Å². The molecule has 0 spiro atoms. The van der Waals surface area contributed by atoms with Gasteiger partial charge in [-0.25, -0.2) is 0 Å². The first-order chi connectivity index (χ1) is 8.26. The normalized spacial score (nSPS) is 14.4. The molecule has 0 saturated carbocycles. The third kappa shape index (κ3) is 2.56. The summed E-state index contributed by atoms with van der Waals surface area (Å²) in [6.07, 6.45) is 4.89. The Balaban J connectivity index is 2.21. The fourth-order valence-electron chi connectivity index (χ4n) is 2.72. The van der Waals surface area contributed by atoms with E-state index in [2.05, 4.69) is 49.3 Å². The van der Waals surface area contributed by atoms with Crippen molar-refractivity contribution in [1.82, 2.24) is 0 Å². The molecule has 1 heterocycles. The number of fused-ring (bicyclic) bond motifs is 1. The molecule has 0 fully saturated rings. The molecule has 17 heavy (non-hydrogen) atoms. The second-order valence-corrected chi connectivity index (χ2v) is 4.95. The van der Waals surface area contributed by atoms with Gasteiger partial charge in [0.1, 0.15) is 0 Å². The highest BCUT2D eigenvalue weighted by Gasteiger charge is 2.14. The summed E-state index contributed by atoms with van der Waals surface area (Å²) in [6.45, 7) is 5.65. The minimum absolute atomic E-state index is 0.650. The summed E-state index contributed by atoms with van der Waals surface area (Å²) in [5.74, 6) is 0. The second kappa shape index (κ2) is 5.44. The number of hydrogen-bond acceptors (Lipinski definition) is 2. The van der Waals surface area contributed by atoms with E-state index in [1.807, 2.05) is 0 Å². The quantitative estimate of drug-likeness (QED) is 0.852. The number of benzene rings is 1. The first-order valence-corrected chi connectivity index (χ1v) is 6.85. The highest BCUT2D eigenvalue weighted by molar-refractivity contribution is 5.63.